The van der Waals surface area contributed by atoms with Gasteiger partial charge in [0.05, 0.1) is 6.10 Å². The first-order chi connectivity index (χ1) is 11.8. The van der Waals surface area contributed by atoms with Gasteiger partial charge in [0, 0.05) is 19.4 Å². The highest BCUT2D eigenvalue weighted by molar-refractivity contribution is 5.79. The minimum absolute atomic E-state index is 0.484. The first kappa shape index (κ1) is 19.9. The lowest BCUT2D eigenvalue weighted by Crippen LogP contribution is -2.34. The summed E-state index contributed by atoms with van der Waals surface area (Å²) < 4.78 is 6.15. The van der Waals surface area contributed by atoms with E-state index in [0.29, 0.717) is 17.8 Å². The summed E-state index contributed by atoms with van der Waals surface area (Å²) in [5.74, 6) is 1.96. The van der Waals surface area contributed by atoms with Crippen LogP contribution in [0.4, 0.5) is 0 Å². The molecule has 0 saturated heterocycles. The Kier molecular flexibility index (Phi) is 10.0. The number of carbonyl (C=O) groups excluding carboxylic acids is 1. The maximum atomic E-state index is 11.6. The summed E-state index contributed by atoms with van der Waals surface area (Å²) in [5.41, 5.74) is 0. The number of Topliss-reactive ketones (excluding diaryl/α,β-unsaturated/α-hetero) is 1. The van der Waals surface area contributed by atoms with Crippen molar-refractivity contribution in [2.45, 2.75) is 116 Å². The van der Waals surface area contributed by atoms with Crippen molar-refractivity contribution in [2.75, 3.05) is 6.61 Å². The van der Waals surface area contributed by atoms with E-state index >= 15 is 0 Å². The van der Waals surface area contributed by atoms with Gasteiger partial charge in [0.1, 0.15) is 5.78 Å². The van der Waals surface area contributed by atoms with E-state index < -0.39 is 0 Å². The molecular weight excluding hydrogens is 296 g/mol. The highest BCUT2D eigenvalue weighted by Gasteiger charge is 2.35. The second kappa shape index (κ2) is 12.1. The van der Waals surface area contributed by atoms with Crippen LogP contribution in [0.15, 0.2) is 0 Å². The fraction of sp³-hybridized carbons (Fsp3) is 0.955. The predicted molar refractivity (Wildman–Crippen MR) is 101 cm³/mol. The van der Waals surface area contributed by atoms with Crippen LogP contribution in [-0.4, -0.2) is 18.5 Å². The van der Waals surface area contributed by atoms with Crippen molar-refractivity contribution in [3.05, 3.63) is 0 Å². The number of fused-ring (bicyclic) bond motifs is 1. The van der Waals surface area contributed by atoms with Crippen LogP contribution in [0.1, 0.15) is 110 Å². The summed E-state index contributed by atoms with van der Waals surface area (Å²) in [5, 5.41) is 0. The van der Waals surface area contributed by atoms with Crippen LogP contribution < -0.4 is 0 Å². The van der Waals surface area contributed by atoms with Crippen molar-refractivity contribution < 1.29 is 9.53 Å². The molecule has 140 valence electrons. The fourth-order valence-electron chi connectivity index (χ4n) is 4.64. The molecule has 0 N–H and O–H groups in total. The number of rotatable bonds is 12. The predicted octanol–water partition coefficient (Wildman–Crippen LogP) is 6.46. The molecule has 2 heteroatoms. The third-order valence-corrected chi connectivity index (χ3v) is 6.23. The summed E-state index contributed by atoms with van der Waals surface area (Å²) in [6, 6.07) is 0. The molecule has 2 aliphatic carbocycles. The van der Waals surface area contributed by atoms with Crippen LogP contribution in [0.25, 0.3) is 0 Å². The van der Waals surface area contributed by atoms with Crippen molar-refractivity contribution in [2.24, 2.45) is 11.8 Å². The number of unbranched alkanes of at least 4 members (excludes halogenated alkanes) is 9. The summed E-state index contributed by atoms with van der Waals surface area (Å²) >= 11 is 0. The molecule has 0 aromatic carbocycles. The third kappa shape index (κ3) is 7.68. The maximum Gasteiger partial charge on any atom is 0.133 e. The molecule has 2 saturated carbocycles. The van der Waals surface area contributed by atoms with E-state index in [4.69, 9.17) is 4.74 Å². The second-order valence-corrected chi connectivity index (χ2v) is 8.29. The van der Waals surface area contributed by atoms with Crippen molar-refractivity contribution in [1.82, 2.24) is 0 Å². The van der Waals surface area contributed by atoms with Gasteiger partial charge in [-0.1, -0.05) is 64.7 Å². The van der Waals surface area contributed by atoms with Gasteiger partial charge in [-0.05, 0) is 43.9 Å². The molecule has 2 nitrogen and oxygen atoms in total. The molecule has 2 rings (SSSR count). The van der Waals surface area contributed by atoms with Crippen LogP contribution in [-0.2, 0) is 9.53 Å². The molecule has 0 amide bonds. The number of ether oxygens (including phenoxy) is 1. The lowest BCUT2D eigenvalue weighted by molar-refractivity contribution is -0.124. The monoisotopic (exact) mass is 336 g/mol. The molecule has 0 aromatic rings. The van der Waals surface area contributed by atoms with Crippen molar-refractivity contribution in [3.8, 4) is 0 Å². The number of hydrogen-bond donors (Lipinski definition) is 0. The van der Waals surface area contributed by atoms with Crippen molar-refractivity contribution >= 4 is 5.78 Å². The Bertz CT molecular complexity index is 339. The third-order valence-electron chi connectivity index (χ3n) is 6.23. The van der Waals surface area contributed by atoms with E-state index in [2.05, 4.69) is 6.92 Å². The molecule has 0 aromatic heterocycles. The number of ketones is 1. The number of hydrogen-bond acceptors (Lipinski definition) is 2. The lowest BCUT2D eigenvalue weighted by Gasteiger charge is -2.38. The summed E-state index contributed by atoms with van der Waals surface area (Å²) in [4.78, 5) is 11.6. The zero-order valence-electron chi connectivity index (χ0n) is 16.1. The fourth-order valence-corrected chi connectivity index (χ4v) is 4.64. The lowest BCUT2D eigenvalue weighted by atomic mass is 9.70. The molecule has 0 radical (unpaired) electrons. The topological polar surface area (TPSA) is 26.3 Å². The molecule has 0 heterocycles. The van der Waals surface area contributed by atoms with Gasteiger partial charge in [-0.15, -0.1) is 0 Å². The van der Waals surface area contributed by atoms with Gasteiger partial charge in [0.15, 0.2) is 0 Å². The van der Waals surface area contributed by atoms with Crippen molar-refractivity contribution in [3.63, 3.8) is 0 Å². The normalized spacial score (nSPS) is 27.2. The minimum Gasteiger partial charge on any atom is -0.378 e. The largest absolute Gasteiger partial charge is 0.378 e. The van der Waals surface area contributed by atoms with E-state index in [0.717, 1.165) is 31.8 Å². The Labute approximate surface area is 150 Å². The smallest absolute Gasteiger partial charge is 0.133 e. The molecular formula is C22H40O2. The quantitative estimate of drug-likeness (QED) is 0.382. The molecule has 24 heavy (non-hydrogen) atoms. The highest BCUT2D eigenvalue weighted by Crippen LogP contribution is 2.40. The minimum atomic E-state index is 0.484. The van der Waals surface area contributed by atoms with Crippen LogP contribution in [0.5, 0.6) is 0 Å². The van der Waals surface area contributed by atoms with E-state index in [1.54, 1.807) is 0 Å². The summed E-state index contributed by atoms with van der Waals surface area (Å²) in [6.07, 6.45) is 20.8. The second-order valence-electron chi connectivity index (χ2n) is 8.29. The highest BCUT2D eigenvalue weighted by atomic mass is 16.5. The Morgan fingerprint density at radius 2 is 1.50 bits per heavy atom. The van der Waals surface area contributed by atoms with Gasteiger partial charge in [-0.25, -0.2) is 0 Å². The molecule has 0 aliphatic heterocycles. The van der Waals surface area contributed by atoms with Crippen LogP contribution in [0.3, 0.4) is 0 Å². The van der Waals surface area contributed by atoms with E-state index in [-0.39, 0.29) is 0 Å². The Morgan fingerprint density at radius 1 is 0.833 bits per heavy atom. The average molecular weight is 337 g/mol. The van der Waals surface area contributed by atoms with Gasteiger partial charge in [-0.3, -0.25) is 4.79 Å². The van der Waals surface area contributed by atoms with Gasteiger partial charge in [0.2, 0.25) is 0 Å². The number of carbonyl (C=O) groups is 1. The van der Waals surface area contributed by atoms with E-state index in [9.17, 15) is 4.79 Å². The first-order valence-corrected chi connectivity index (χ1v) is 10.9. The van der Waals surface area contributed by atoms with Crippen LogP contribution in [0.2, 0.25) is 0 Å². The summed E-state index contributed by atoms with van der Waals surface area (Å²) in [7, 11) is 0. The van der Waals surface area contributed by atoms with Crippen LogP contribution in [0, 0.1) is 11.8 Å². The zero-order chi connectivity index (χ0) is 17.0. The zero-order valence-corrected chi connectivity index (χ0v) is 16.1. The molecule has 0 spiro atoms. The van der Waals surface area contributed by atoms with Gasteiger partial charge in [0.25, 0.3) is 0 Å². The Morgan fingerprint density at radius 3 is 2.21 bits per heavy atom. The first-order valence-electron chi connectivity index (χ1n) is 10.9. The molecule has 2 aliphatic rings. The molecule has 0 bridgehead atoms. The van der Waals surface area contributed by atoms with Crippen LogP contribution >= 0.6 is 0 Å². The van der Waals surface area contributed by atoms with E-state index in [1.165, 1.54) is 83.5 Å². The summed E-state index contributed by atoms with van der Waals surface area (Å²) in [6.45, 7) is 3.24. The Balaban J connectivity index is 1.40. The van der Waals surface area contributed by atoms with Crippen molar-refractivity contribution in [1.29, 1.82) is 0 Å². The van der Waals surface area contributed by atoms with Gasteiger partial charge >= 0.3 is 0 Å². The molecule has 2 fully saturated rings. The van der Waals surface area contributed by atoms with Gasteiger partial charge in [-0.2, -0.15) is 0 Å². The van der Waals surface area contributed by atoms with E-state index in [1.807, 2.05) is 0 Å². The average Bonchev–Trinajstić information content (AvgIpc) is 2.59. The maximum absolute atomic E-state index is 11.6. The van der Waals surface area contributed by atoms with Gasteiger partial charge < -0.3 is 4.74 Å². The molecule has 3 unspecified atom stereocenters. The molecule has 3 atom stereocenters. The SMILES string of the molecule is CCCCCCCCCCCCOC1CCC2CC(=O)CCC2C1. The Hall–Kier alpha value is -0.370. The standard InChI is InChI=1S/C22H40O2/c1-2-3-4-5-6-7-8-9-10-11-16-24-22-15-13-19-17-21(23)14-12-20(19)18-22/h19-20,22H,2-18H2,1H3.